The first-order valence-electron chi connectivity index (χ1n) is 8.79. The van der Waals surface area contributed by atoms with E-state index >= 15 is 0 Å². The van der Waals surface area contributed by atoms with Crippen molar-refractivity contribution in [3.05, 3.63) is 99.8 Å². The number of hydrogen-bond acceptors (Lipinski definition) is 2. The van der Waals surface area contributed by atoms with Crippen LogP contribution in [0.3, 0.4) is 0 Å². The third-order valence-corrected chi connectivity index (χ3v) is 6.11. The number of carbonyl (C=O) groups is 1. The second-order valence-corrected chi connectivity index (χ2v) is 8.17. The van der Waals surface area contributed by atoms with Gasteiger partial charge >= 0.3 is 0 Å². The number of aromatic nitrogens is 1. The Kier molecular flexibility index (Phi) is 5.37. The number of nitrogens with zero attached hydrogens (tertiary/aromatic N) is 2. The van der Waals surface area contributed by atoms with Gasteiger partial charge in [-0.25, -0.2) is 0 Å². The molecule has 1 aromatic heterocycles. The molecule has 0 atom stereocenters. The minimum atomic E-state index is -0.247. The van der Waals surface area contributed by atoms with Crippen LogP contribution in [-0.4, -0.2) is 10.5 Å². The second-order valence-electron chi connectivity index (χ2n) is 6.28. The number of halogens is 1. The summed E-state index contributed by atoms with van der Waals surface area (Å²) in [5, 5.41) is 0. The Balaban J connectivity index is 1.88. The van der Waals surface area contributed by atoms with Crippen molar-refractivity contribution in [2.45, 2.75) is 0 Å². The molecule has 0 saturated carbocycles. The molecule has 0 aliphatic rings. The van der Waals surface area contributed by atoms with Crippen LogP contribution in [0, 0.1) is 0 Å². The van der Waals surface area contributed by atoms with Crippen molar-refractivity contribution in [3.63, 3.8) is 0 Å². The van der Waals surface area contributed by atoms with Crippen LogP contribution in [0.4, 0.5) is 0 Å². The molecule has 1 heterocycles. The topological polar surface area (TPSA) is 34.4 Å². The number of hydrogen-bond donors (Lipinski definition) is 0. The van der Waals surface area contributed by atoms with Crippen molar-refractivity contribution in [1.29, 1.82) is 0 Å². The van der Waals surface area contributed by atoms with Crippen LogP contribution in [0.2, 0.25) is 0 Å². The van der Waals surface area contributed by atoms with Gasteiger partial charge in [-0.05, 0) is 35.4 Å². The largest absolute Gasteiger partial charge is 0.319 e. The molecule has 0 aliphatic carbocycles. The van der Waals surface area contributed by atoms with Crippen molar-refractivity contribution < 1.29 is 4.79 Å². The van der Waals surface area contributed by atoms with Crippen LogP contribution < -0.4 is 4.80 Å². The zero-order chi connectivity index (χ0) is 19.5. The van der Waals surface area contributed by atoms with Crippen LogP contribution >= 0.6 is 27.3 Å². The molecule has 4 rings (SSSR count). The van der Waals surface area contributed by atoms with Gasteiger partial charge < -0.3 is 4.57 Å². The highest BCUT2D eigenvalue weighted by Crippen LogP contribution is 2.34. The van der Waals surface area contributed by atoms with Gasteiger partial charge in [-0.3, -0.25) is 4.79 Å². The van der Waals surface area contributed by atoms with Crippen LogP contribution in [0.25, 0.3) is 21.7 Å². The maximum atomic E-state index is 12.7. The van der Waals surface area contributed by atoms with Crippen molar-refractivity contribution in [1.82, 2.24) is 4.57 Å². The summed E-state index contributed by atoms with van der Waals surface area (Å²) in [5.41, 5.74) is 3.83. The molecule has 1 amide bonds. The summed E-state index contributed by atoms with van der Waals surface area (Å²) in [6.07, 6.45) is 0. The van der Waals surface area contributed by atoms with Crippen molar-refractivity contribution in [3.8, 4) is 21.7 Å². The monoisotopic (exact) mass is 448 g/mol. The Hall–Kier alpha value is -2.76. The van der Waals surface area contributed by atoms with E-state index in [4.69, 9.17) is 0 Å². The average Bonchev–Trinajstić information content (AvgIpc) is 3.06. The Morgan fingerprint density at radius 1 is 0.857 bits per heavy atom. The zero-order valence-corrected chi connectivity index (χ0v) is 17.6. The fourth-order valence-corrected chi connectivity index (χ4v) is 4.41. The Bertz CT molecular complexity index is 1180. The molecule has 5 heteroatoms. The van der Waals surface area contributed by atoms with Crippen LogP contribution in [0.5, 0.6) is 0 Å². The van der Waals surface area contributed by atoms with E-state index in [1.807, 2.05) is 60.1 Å². The highest BCUT2D eigenvalue weighted by atomic mass is 79.9. The SMILES string of the molecule is Cn1c(-c2ccccc2)c(-c2ccccc2)sc1=NC(=O)c1ccc(Br)cc1. The van der Waals surface area contributed by atoms with Crippen molar-refractivity contribution in [2.24, 2.45) is 12.0 Å². The molecule has 0 spiro atoms. The zero-order valence-electron chi connectivity index (χ0n) is 15.2. The predicted molar refractivity (Wildman–Crippen MR) is 118 cm³/mol. The second kappa shape index (κ2) is 8.09. The molecule has 3 nitrogen and oxygen atoms in total. The van der Waals surface area contributed by atoms with Gasteiger partial charge in [-0.1, -0.05) is 87.9 Å². The molecule has 4 aromatic rings. The van der Waals surface area contributed by atoms with Crippen LogP contribution in [0.1, 0.15) is 10.4 Å². The minimum Gasteiger partial charge on any atom is -0.319 e. The van der Waals surface area contributed by atoms with E-state index in [2.05, 4.69) is 45.2 Å². The van der Waals surface area contributed by atoms with E-state index in [1.165, 1.54) is 11.3 Å². The fourth-order valence-electron chi connectivity index (χ4n) is 3.00. The summed E-state index contributed by atoms with van der Waals surface area (Å²) in [5.74, 6) is -0.247. The summed E-state index contributed by atoms with van der Waals surface area (Å²) >= 11 is 4.92. The molecular formula is C23H17BrN2OS. The molecule has 0 aliphatic heterocycles. The molecule has 0 fully saturated rings. The number of amides is 1. The lowest BCUT2D eigenvalue weighted by Gasteiger charge is -2.07. The minimum absolute atomic E-state index is 0.247. The van der Waals surface area contributed by atoms with E-state index in [0.29, 0.717) is 10.4 Å². The van der Waals surface area contributed by atoms with E-state index in [0.717, 1.165) is 26.2 Å². The van der Waals surface area contributed by atoms with Gasteiger partial charge in [0.15, 0.2) is 4.80 Å². The van der Waals surface area contributed by atoms with Crippen molar-refractivity contribution >= 4 is 33.2 Å². The lowest BCUT2D eigenvalue weighted by Crippen LogP contribution is -2.14. The van der Waals surface area contributed by atoms with Gasteiger partial charge in [0.1, 0.15) is 0 Å². The summed E-state index contributed by atoms with van der Waals surface area (Å²) in [6.45, 7) is 0. The maximum absolute atomic E-state index is 12.7. The quantitative estimate of drug-likeness (QED) is 0.382. The van der Waals surface area contributed by atoms with Crippen LogP contribution in [0.15, 0.2) is 94.4 Å². The smallest absolute Gasteiger partial charge is 0.279 e. The molecule has 3 aromatic carbocycles. The Labute approximate surface area is 175 Å². The lowest BCUT2D eigenvalue weighted by atomic mass is 10.1. The molecule has 28 heavy (non-hydrogen) atoms. The highest BCUT2D eigenvalue weighted by molar-refractivity contribution is 9.10. The Morgan fingerprint density at radius 3 is 2.04 bits per heavy atom. The lowest BCUT2D eigenvalue weighted by molar-refractivity contribution is 0.0998. The molecule has 0 bridgehead atoms. The van der Waals surface area contributed by atoms with E-state index in [-0.39, 0.29) is 5.91 Å². The van der Waals surface area contributed by atoms with Gasteiger partial charge in [0.25, 0.3) is 5.91 Å². The van der Waals surface area contributed by atoms with Gasteiger partial charge in [0.05, 0.1) is 10.6 Å². The standard InChI is InChI=1S/C23H17BrN2OS/c1-26-20(16-8-4-2-5-9-16)21(17-10-6-3-7-11-17)28-23(26)25-22(27)18-12-14-19(24)15-13-18/h2-15H,1H3. The van der Waals surface area contributed by atoms with E-state index < -0.39 is 0 Å². The molecule has 0 radical (unpaired) electrons. The van der Waals surface area contributed by atoms with E-state index in [9.17, 15) is 4.79 Å². The molecular weight excluding hydrogens is 432 g/mol. The summed E-state index contributed by atoms with van der Waals surface area (Å²) in [4.78, 5) is 18.9. The number of carbonyl (C=O) groups excluding carboxylic acids is 1. The van der Waals surface area contributed by atoms with Gasteiger partial charge in [0.2, 0.25) is 0 Å². The van der Waals surface area contributed by atoms with Gasteiger partial charge in [-0.15, -0.1) is 0 Å². The molecule has 138 valence electrons. The summed E-state index contributed by atoms with van der Waals surface area (Å²) in [6, 6.07) is 27.7. The van der Waals surface area contributed by atoms with Gasteiger partial charge in [0, 0.05) is 17.1 Å². The number of rotatable bonds is 3. The summed E-state index contributed by atoms with van der Waals surface area (Å²) < 4.78 is 2.93. The van der Waals surface area contributed by atoms with Crippen molar-refractivity contribution in [2.75, 3.05) is 0 Å². The normalized spacial score (nSPS) is 11.6. The molecule has 0 saturated heterocycles. The highest BCUT2D eigenvalue weighted by Gasteiger charge is 2.16. The fraction of sp³-hybridized carbons (Fsp3) is 0.0435. The number of benzene rings is 3. The third-order valence-electron chi connectivity index (χ3n) is 4.40. The molecule has 0 unspecified atom stereocenters. The first-order valence-corrected chi connectivity index (χ1v) is 10.4. The van der Waals surface area contributed by atoms with Crippen LogP contribution in [-0.2, 0) is 7.05 Å². The first-order chi connectivity index (χ1) is 13.6. The summed E-state index contributed by atoms with van der Waals surface area (Å²) in [7, 11) is 1.96. The van der Waals surface area contributed by atoms with E-state index in [1.54, 1.807) is 12.1 Å². The number of thiazole rings is 1. The maximum Gasteiger partial charge on any atom is 0.279 e. The third kappa shape index (κ3) is 3.77. The first kappa shape index (κ1) is 18.6. The molecule has 0 N–H and O–H groups in total. The van der Waals surface area contributed by atoms with Gasteiger partial charge in [-0.2, -0.15) is 4.99 Å². The Morgan fingerprint density at radius 2 is 1.43 bits per heavy atom. The predicted octanol–water partition coefficient (Wildman–Crippen LogP) is 5.92. The average molecular weight is 449 g/mol.